The Morgan fingerprint density at radius 3 is 2.67 bits per heavy atom. The molecule has 0 bridgehead atoms. The van der Waals surface area contributed by atoms with E-state index >= 15 is 0 Å². The minimum atomic E-state index is 0.450. The van der Waals surface area contributed by atoms with Crippen LogP contribution in [0.15, 0.2) is 30.3 Å². The van der Waals surface area contributed by atoms with E-state index in [0.29, 0.717) is 6.04 Å². The van der Waals surface area contributed by atoms with E-state index in [0.717, 1.165) is 13.0 Å². The first-order valence-corrected chi connectivity index (χ1v) is 4.28. The smallest absolute Gasteiger partial charge is 0.0704 e. The molecule has 2 heteroatoms. The predicted molar refractivity (Wildman–Crippen MR) is 47.5 cm³/mol. The fourth-order valence-corrected chi connectivity index (χ4v) is 1.63. The van der Waals surface area contributed by atoms with Crippen molar-refractivity contribution >= 4 is 0 Å². The number of hydrogen-bond donors (Lipinski definition) is 0. The van der Waals surface area contributed by atoms with Gasteiger partial charge in [0.1, 0.15) is 0 Å². The van der Waals surface area contributed by atoms with E-state index < -0.39 is 0 Å². The zero-order valence-corrected chi connectivity index (χ0v) is 7.23. The van der Waals surface area contributed by atoms with Crippen LogP contribution in [0, 0.1) is 0 Å². The SMILES string of the molecule is CN1OCCC1c1ccccc1. The van der Waals surface area contributed by atoms with Gasteiger partial charge in [-0.15, -0.1) is 0 Å². The maximum absolute atomic E-state index is 5.35. The highest BCUT2D eigenvalue weighted by Gasteiger charge is 2.22. The Kier molecular flexibility index (Phi) is 2.11. The summed E-state index contributed by atoms with van der Waals surface area (Å²) in [7, 11) is 1.99. The lowest BCUT2D eigenvalue weighted by Gasteiger charge is -2.17. The van der Waals surface area contributed by atoms with Crippen molar-refractivity contribution in [3.63, 3.8) is 0 Å². The van der Waals surface area contributed by atoms with Crippen molar-refractivity contribution in [3.8, 4) is 0 Å². The third-order valence-electron chi connectivity index (χ3n) is 2.31. The normalized spacial score (nSPS) is 24.6. The molecule has 1 aliphatic heterocycles. The summed E-state index contributed by atoms with van der Waals surface area (Å²) in [5.74, 6) is 0. The maximum atomic E-state index is 5.35. The number of rotatable bonds is 1. The Hall–Kier alpha value is -0.860. The van der Waals surface area contributed by atoms with Crippen LogP contribution in [0.5, 0.6) is 0 Å². The van der Waals surface area contributed by atoms with Crippen LogP contribution in [0.4, 0.5) is 0 Å². The van der Waals surface area contributed by atoms with Crippen molar-refractivity contribution in [1.82, 2.24) is 5.06 Å². The van der Waals surface area contributed by atoms with Gasteiger partial charge in [-0.1, -0.05) is 30.3 Å². The van der Waals surface area contributed by atoms with Crippen LogP contribution in [0.1, 0.15) is 18.0 Å². The first kappa shape index (κ1) is 7.77. The average molecular weight is 163 g/mol. The molecule has 2 nitrogen and oxygen atoms in total. The van der Waals surface area contributed by atoms with Gasteiger partial charge in [0.15, 0.2) is 0 Å². The lowest BCUT2D eigenvalue weighted by atomic mass is 10.1. The predicted octanol–water partition coefficient (Wildman–Crippen LogP) is 1.99. The molecule has 64 valence electrons. The highest BCUT2D eigenvalue weighted by Crippen LogP contribution is 2.27. The Balaban J connectivity index is 2.19. The Morgan fingerprint density at radius 2 is 2.08 bits per heavy atom. The fraction of sp³-hybridized carbons (Fsp3) is 0.400. The summed E-state index contributed by atoms with van der Waals surface area (Å²) in [6.07, 6.45) is 1.10. The molecule has 0 amide bonds. The van der Waals surface area contributed by atoms with Gasteiger partial charge in [-0.25, -0.2) is 0 Å². The molecule has 0 aliphatic carbocycles. The van der Waals surface area contributed by atoms with Gasteiger partial charge in [0.2, 0.25) is 0 Å². The summed E-state index contributed by atoms with van der Waals surface area (Å²) < 4.78 is 0. The van der Waals surface area contributed by atoms with Crippen LogP contribution in [0.25, 0.3) is 0 Å². The molecule has 1 unspecified atom stereocenters. The molecule has 0 radical (unpaired) electrons. The highest BCUT2D eigenvalue weighted by molar-refractivity contribution is 5.18. The molecule has 0 N–H and O–H groups in total. The molecule has 1 saturated heterocycles. The van der Waals surface area contributed by atoms with E-state index in [-0.39, 0.29) is 0 Å². The average Bonchev–Trinajstić information content (AvgIpc) is 2.53. The lowest BCUT2D eigenvalue weighted by Crippen LogP contribution is -2.15. The van der Waals surface area contributed by atoms with Gasteiger partial charge in [0.05, 0.1) is 12.6 Å². The first-order valence-electron chi connectivity index (χ1n) is 4.28. The van der Waals surface area contributed by atoms with E-state index in [2.05, 4.69) is 24.3 Å². The van der Waals surface area contributed by atoms with Crippen LogP contribution in [-0.4, -0.2) is 18.7 Å². The highest BCUT2D eigenvalue weighted by atomic mass is 16.7. The topological polar surface area (TPSA) is 12.5 Å². The van der Waals surface area contributed by atoms with Gasteiger partial charge in [0, 0.05) is 7.05 Å². The van der Waals surface area contributed by atoms with Crippen LogP contribution in [0.2, 0.25) is 0 Å². The molecule has 0 spiro atoms. The van der Waals surface area contributed by atoms with Gasteiger partial charge in [-0.05, 0) is 12.0 Å². The van der Waals surface area contributed by atoms with Crippen LogP contribution >= 0.6 is 0 Å². The fourth-order valence-electron chi connectivity index (χ4n) is 1.63. The summed E-state index contributed by atoms with van der Waals surface area (Å²) in [5, 5.41) is 1.94. The molecule has 1 heterocycles. The van der Waals surface area contributed by atoms with Crippen molar-refractivity contribution in [3.05, 3.63) is 35.9 Å². The third kappa shape index (κ3) is 1.36. The summed E-state index contributed by atoms with van der Waals surface area (Å²) >= 11 is 0. The zero-order chi connectivity index (χ0) is 8.39. The summed E-state index contributed by atoms with van der Waals surface area (Å²) in [6.45, 7) is 0.843. The quantitative estimate of drug-likeness (QED) is 0.627. The van der Waals surface area contributed by atoms with Crippen LogP contribution < -0.4 is 0 Å². The van der Waals surface area contributed by atoms with Crippen molar-refractivity contribution in [2.75, 3.05) is 13.7 Å². The van der Waals surface area contributed by atoms with E-state index in [9.17, 15) is 0 Å². The van der Waals surface area contributed by atoms with E-state index in [1.54, 1.807) is 0 Å². The van der Waals surface area contributed by atoms with Crippen molar-refractivity contribution in [2.24, 2.45) is 0 Å². The maximum Gasteiger partial charge on any atom is 0.0704 e. The molecule has 1 aromatic carbocycles. The monoisotopic (exact) mass is 163 g/mol. The first-order chi connectivity index (χ1) is 5.88. The molecule has 0 aromatic heterocycles. The largest absolute Gasteiger partial charge is 0.299 e. The summed E-state index contributed by atoms with van der Waals surface area (Å²) in [5.41, 5.74) is 1.34. The Bertz CT molecular complexity index is 247. The van der Waals surface area contributed by atoms with E-state index in [1.807, 2.05) is 18.2 Å². The molecule has 1 atom stereocenters. The van der Waals surface area contributed by atoms with Gasteiger partial charge < -0.3 is 0 Å². The van der Waals surface area contributed by atoms with Gasteiger partial charge in [-0.3, -0.25) is 4.84 Å². The molecule has 2 rings (SSSR count). The Labute approximate surface area is 72.7 Å². The van der Waals surface area contributed by atoms with Gasteiger partial charge in [-0.2, -0.15) is 5.06 Å². The summed E-state index contributed by atoms with van der Waals surface area (Å²) in [6, 6.07) is 10.9. The number of benzene rings is 1. The van der Waals surface area contributed by atoms with Crippen LogP contribution in [-0.2, 0) is 4.84 Å². The minimum absolute atomic E-state index is 0.450. The standard InChI is InChI=1S/C10H13NO/c1-11-10(7-8-12-11)9-5-3-2-4-6-9/h2-6,10H,7-8H2,1H3. The van der Waals surface area contributed by atoms with E-state index in [4.69, 9.17) is 4.84 Å². The second kappa shape index (κ2) is 3.25. The second-order valence-corrected chi connectivity index (χ2v) is 3.09. The number of hydroxylamine groups is 2. The summed E-state index contributed by atoms with van der Waals surface area (Å²) in [4.78, 5) is 5.35. The molecular formula is C10H13NO. The molecule has 1 fully saturated rings. The lowest BCUT2D eigenvalue weighted by molar-refractivity contribution is -0.110. The Morgan fingerprint density at radius 1 is 1.33 bits per heavy atom. The molecule has 1 aliphatic rings. The third-order valence-corrected chi connectivity index (χ3v) is 2.31. The van der Waals surface area contributed by atoms with Crippen molar-refractivity contribution in [1.29, 1.82) is 0 Å². The molecule has 0 saturated carbocycles. The van der Waals surface area contributed by atoms with Gasteiger partial charge in [0.25, 0.3) is 0 Å². The van der Waals surface area contributed by atoms with Crippen molar-refractivity contribution < 1.29 is 4.84 Å². The van der Waals surface area contributed by atoms with E-state index in [1.165, 1.54) is 5.56 Å². The molecule has 12 heavy (non-hydrogen) atoms. The van der Waals surface area contributed by atoms with Crippen LogP contribution in [0.3, 0.4) is 0 Å². The number of nitrogens with zero attached hydrogens (tertiary/aromatic N) is 1. The molecule has 1 aromatic rings. The second-order valence-electron chi connectivity index (χ2n) is 3.09. The van der Waals surface area contributed by atoms with Crippen molar-refractivity contribution in [2.45, 2.75) is 12.5 Å². The molecular weight excluding hydrogens is 150 g/mol. The number of hydrogen-bond acceptors (Lipinski definition) is 2. The van der Waals surface area contributed by atoms with Gasteiger partial charge >= 0.3 is 0 Å². The minimum Gasteiger partial charge on any atom is -0.299 e. The zero-order valence-electron chi connectivity index (χ0n) is 7.23.